The van der Waals surface area contributed by atoms with Gasteiger partial charge in [-0.05, 0) is 31.8 Å². The number of hydrogen-bond donors (Lipinski definition) is 3. The van der Waals surface area contributed by atoms with E-state index in [1.165, 1.54) is 0 Å². The molecule has 1 aliphatic heterocycles. The molecule has 0 radical (unpaired) electrons. The minimum Gasteiger partial charge on any atom is -0.480 e. The summed E-state index contributed by atoms with van der Waals surface area (Å²) >= 11 is 0. The molecule has 0 bridgehead atoms. The van der Waals surface area contributed by atoms with Crippen molar-refractivity contribution in [3.63, 3.8) is 0 Å². The summed E-state index contributed by atoms with van der Waals surface area (Å²) in [6, 6.07) is 0. The number of carbonyl (C=O) groups is 1. The molecule has 0 aliphatic carbocycles. The number of hydrogen-bond acceptors (Lipinski definition) is 5. The third-order valence-corrected chi connectivity index (χ3v) is 3.10. The maximum absolute atomic E-state index is 10.4. The summed E-state index contributed by atoms with van der Waals surface area (Å²) in [5.41, 5.74) is 0. The Morgan fingerprint density at radius 1 is 1.44 bits per heavy atom. The van der Waals surface area contributed by atoms with E-state index in [0.29, 0.717) is 19.1 Å². The van der Waals surface area contributed by atoms with Crippen LogP contribution in [-0.2, 0) is 9.53 Å². The predicted octanol–water partition coefficient (Wildman–Crippen LogP) is -0.618. The van der Waals surface area contributed by atoms with Crippen molar-refractivity contribution < 1.29 is 19.7 Å². The molecule has 0 spiro atoms. The van der Waals surface area contributed by atoms with E-state index in [2.05, 4.69) is 10.2 Å². The van der Waals surface area contributed by atoms with Crippen molar-refractivity contribution in [3.05, 3.63) is 0 Å². The van der Waals surface area contributed by atoms with Crippen LogP contribution in [0.4, 0.5) is 0 Å². The van der Waals surface area contributed by atoms with E-state index in [1.54, 1.807) is 0 Å². The predicted molar refractivity (Wildman–Crippen MR) is 67.6 cm³/mol. The molecule has 0 amide bonds. The van der Waals surface area contributed by atoms with E-state index in [1.807, 2.05) is 0 Å². The summed E-state index contributed by atoms with van der Waals surface area (Å²) in [5.74, 6) is -0.281. The topological polar surface area (TPSA) is 82.0 Å². The number of aliphatic hydroxyl groups is 1. The molecule has 3 N–H and O–H groups in total. The smallest absolute Gasteiger partial charge is 0.317 e. The Balaban J connectivity index is 2.09. The molecule has 1 heterocycles. The lowest BCUT2D eigenvalue weighted by molar-refractivity contribution is -0.136. The summed E-state index contributed by atoms with van der Waals surface area (Å²) in [7, 11) is 0. The number of aliphatic hydroxyl groups excluding tert-OH is 1. The zero-order chi connectivity index (χ0) is 13.2. The van der Waals surface area contributed by atoms with Gasteiger partial charge in [0.05, 0.1) is 26.4 Å². The van der Waals surface area contributed by atoms with E-state index >= 15 is 0 Å². The van der Waals surface area contributed by atoms with Gasteiger partial charge in [-0.2, -0.15) is 0 Å². The van der Waals surface area contributed by atoms with Gasteiger partial charge in [-0.25, -0.2) is 0 Å². The highest BCUT2D eigenvalue weighted by atomic mass is 16.5. The summed E-state index contributed by atoms with van der Waals surface area (Å²) < 4.78 is 5.25. The Morgan fingerprint density at radius 2 is 2.28 bits per heavy atom. The number of nitrogens with one attached hydrogen (secondary N) is 1. The third kappa shape index (κ3) is 6.90. The van der Waals surface area contributed by atoms with Crippen LogP contribution in [0.3, 0.4) is 0 Å². The highest BCUT2D eigenvalue weighted by molar-refractivity contribution is 5.68. The lowest BCUT2D eigenvalue weighted by Crippen LogP contribution is -2.41. The first-order chi connectivity index (χ1) is 8.72. The van der Waals surface area contributed by atoms with Crippen LogP contribution in [0.15, 0.2) is 0 Å². The molecule has 0 aromatic heterocycles. The number of aliphatic carboxylic acids is 1. The molecule has 0 saturated carbocycles. The fourth-order valence-electron chi connectivity index (χ4n) is 2.26. The Labute approximate surface area is 108 Å². The number of piperidine rings is 1. The maximum Gasteiger partial charge on any atom is 0.317 e. The average Bonchev–Trinajstić information content (AvgIpc) is 2.35. The van der Waals surface area contributed by atoms with E-state index in [-0.39, 0.29) is 13.2 Å². The second kappa shape index (κ2) is 9.27. The minimum absolute atomic E-state index is 0.0378. The van der Waals surface area contributed by atoms with Crippen molar-refractivity contribution in [1.29, 1.82) is 0 Å². The number of nitrogens with zero attached hydrogens (tertiary/aromatic N) is 1. The van der Waals surface area contributed by atoms with Crippen molar-refractivity contribution in [3.8, 4) is 0 Å². The Hall–Kier alpha value is -0.690. The van der Waals surface area contributed by atoms with Crippen LogP contribution in [-0.4, -0.2) is 73.6 Å². The van der Waals surface area contributed by atoms with E-state index in [0.717, 1.165) is 39.0 Å². The van der Waals surface area contributed by atoms with Gasteiger partial charge in [-0.1, -0.05) is 0 Å². The van der Waals surface area contributed by atoms with E-state index in [9.17, 15) is 4.79 Å². The van der Waals surface area contributed by atoms with Crippen molar-refractivity contribution in [1.82, 2.24) is 10.2 Å². The molecule has 1 fully saturated rings. The molecule has 1 aliphatic rings. The molecule has 0 aromatic carbocycles. The normalized spacial score (nSPS) is 21.1. The summed E-state index contributed by atoms with van der Waals surface area (Å²) in [4.78, 5) is 12.7. The largest absolute Gasteiger partial charge is 0.480 e. The number of carboxylic acid groups (broad SMARTS) is 1. The summed E-state index contributed by atoms with van der Waals surface area (Å²) in [5, 5.41) is 20.1. The number of carboxylic acids is 1. The highest BCUT2D eigenvalue weighted by Gasteiger charge is 2.19. The first-order valence-electron chi connectivity index (χ1n) is 6.56. The first kappa shape index (κ1) is 15.4. The lowest BCUT2D eigenvalue weighted by atomic mass is 9.98. The number of likely N-dealkylation sites (tertiary alicyclic amines) is 1. The van der Waals surface area contributed by atoms with Gasteiger partial charge in [-0.15, -0.1) is 0 Å². The van der Waals surface area contributed by atoms with Gasteiger partial charge in [-0.3, -0.25) is 4.79 Å². The van der Waals surface area contributed by atoms with Crippen LogP contribution >= 0.6 is 0 Å². The van der Waals surface area contributed by atoms with Gasteiger partial charge < -0.3 is 25.2 Å². The highest BCUT2D eigenvalue weighted by Crippen LogP contribution is 2.15. The van der Waals surface area contributed by atoms with Crippen molar-refractivity contribution >= 4 is 5.97 Å². The quantitative estimate of drug-likeness (QED) is 0.479. The van der Waals surface area contributed by atoms with Crippen molar-refractivity contribution in [2.24, 2.45) is 5.92 Å². The molecule has 6 nitrogen and oxygen atoms in total. The SMILES string of the molecule is O=C(O)CNCC1CCCN(CCOCCO)C1. The molecule has 1 saturated heterocycles. The fraction of sp³-hybridized carbons (Fsp3) is 0.917. The van der Waals surface area contributed by atoms with Gasteiger partial charge in [0.25, 0.3) is 0 Å². The molecule has 1 rings (SSSR count). The second-order valence-corrected chi connectivity index (χ2v) is 4.67. The molecule has 6 heteroatoms. The van der Waals surface area contributed by atoms with Gasteiger partial charge in [0.2, 0.25) is 0 Å². The van der Waals surface area contributed by atoms with Crippen LogP contribution in [0.2, 0.25) is 0 Å². The summed E-state index contributed by atoms with van der Waals surface area (Å²) in [6.45, 7) is 4.88. The first-order valence-corrected chi connectivity index (χ1v) is 6.56. The number of rotatable bonds is 9. The van der Waals surface area contributed by atoms with Crippen molar-refractivity contribution in [2.45, 2.75) is 12.8 Å². The molecule has 106 valence electrons. The van der Waals surface area contributed by atoms with Crippen molar-refractivity contribution in [2.75, 3.05) is 52.5 Å². The Kier molecular flexibility index (Phi) is 7.91. The fourth-order valence-corrected chi connectivity index (χ4v) is 2.26. The van der Waals surface area contributed by atoms with E-state index < -0.39 is 5.97 Å². The van der Waals surface area contributed by atoms with E-state index in [4.69, 9.17) is 14.9 Å². The zero-order valence-electron chi connectivity index (χ0n) is 10.8. The van der Waals surface area contributed by atoms with Crippen LogP contribution in [0.1, 0.15) is 12.8 Å². The van der Waals surface area contributed by atoms with Crippen LogP contribution in [0, 0.1) is 5.92 Å². The molecular weight excluding hydrogens is 236 g/mol. The Bertz CT molecular complexity index is 238. The van der Waals surface area contributed by atoms with Gasteiger partial charge in [0.1, 0.15) is 0 Å². The second-order valence-electron chi connectivity index (χ2n) is 4.67. The minimum atomic E-state index is -0.805. The Morgan fingerprint density at radius 3 is 3.00 bits per heavy atom. The van der Waals surface area contributed by atoms with Gasteiger partial charge >= 0.3 is 5.97 Å². The molecule has 0 aromatic rings. The number of ether oxygens (including phenoxy) is 1. The lowest BCUT2D eigenvalue weighted by Gasteiger charge is -2.32. The zero-order valence-corrected chi connectivity index (χ0v) is 10.8. The molecule has 1 atom stereocenters. The maximum atomic E-state index is 10.4. The summed E-state index contributed by atoms with van der Waals surface area (Å²) in [6.07, 6.45) is 2.31. The monoisotopic (exact) mass is 260 g/mol. The molecular formula is C12H24N2O4. The third-order valence-electron chi connectivity index (χ3n) is 3.10. The average molecular weight is 260 g/mol. The standard InChI is InChI=1S/C12H24N2O4/c15-5-7-18-6-4-14-3-1-2-11(10-14)8-13-9-12(16)17/h11,13,15H,1-10H2,(H,16,17). The van der Waals surface area contributed by atoms with Crippen LogP contribution in [0.25, 0.3) is 0 Å². The van der Waals surface area contributed by atoms with Crippen LogP contribution in [0.5, 0.6) is 0 Å². The van der Waals surface area contributed by atoms with Crippen LogP contribution < -0.4 is 5.32 Å². The van der Waals surface area contributed by atoms with Gasteiger partial charge in [0.15, 0.2) is 0 Å². The van der Waals surface area contributed by atoms with Gasteiger partial charge in [0, 0.05) is 13.1 Å². The molecule has 18 heavy (non-hydrogen) atoms. The molecule has 1 unspecified atom stereocenters.